The predicted octanol–water partition coefficient (Wildman–Crippen LogP) is 3.07. The minimum Gasteiger partial charge on any atom is -0.300 e. The molecule has 2 aliphatic rings. The lowest BCUT2D eigenvalue weighted by Crippen LogP contribution is -1.97. The van der Waals surface area contributed by atoms with Crippen molar-refractivity contribution in [2.24, 2.45) is 5.92 Å². The Kier molecular flexibility index (Phi) is 1.81. The number of carbonyl (C=O) groups excluding carboxylic acids is 1. The van der Waals surface area contributed by atoms with Crippen LogP contribution in [0.2, 0.25) is 0 Å². The Balaban J connectivity index is 2.11. The van der Waals surface area contributed by atoms with E-state index in [-0.39, 0.29) is 0 Å². The molecule has 3 rings (SSSR count). The second kappa shape index (κ2) is 2.93. The van der Waals surface area contributed by atoms with Crippen molar-refractivity contribution >= 4 is 21.7 Å². The quantitative estimate of drug-likeness (QED) is 0.692. The molecule has 0 bridgehead atoms. The highest BCUT2D eigenvalue weighted by Gasteiger charge is 2.40. The van der Waals surface area contributed by atoms with Gasteiger partial charge < -0.3 is 0 Å². The third kappa shape index (κ3) is 1.10. The van der Waals surface area contributed by atoms with Crippen molar-refractivity contribution in [1.29, 1.82) is 0 Å². The van der Waals surface area contributed by atoms with Crippen LogP contribution in [0, 0.1) is 5.92 Å². The number of benzene rings is 1. The van der Waals surface area contributed by atoms with Gasteiger partial charge in [-0.2, -0.15) is 0 Å². The minimum absolute atomic E-state index is 0.446. The summed E-state index contributed by atoms with van der Waals surface area (Å²) in [5, 5.41) is 0. The van der Waals surface area contributed by atoms with Gasteiger partial charge in [-0.1, -0.05) is 28.1 Å². The molecule has 14 heavy (non-hydrogen) atoms. The van der Waals surface area contributed by atoms with Crippen LogP contribution in [0.25, 0.3) is 0 Å². The van der Waals surface area contributed by atoms with Gasteiger partial charge in [-0.05, 0) is 35.4 Å². The second-order valence-electron chi connectivity index (χ2n) is 4.33. The zero-order valence-corrected chi connectivity index (χ0v) is 9.38. The molecule has 0 aliphatic heterocycles. The maximum atomic E-state index is 11.4. The number of hydrogen-bond acceptors (Lipinski definition) is 1. The van der Waals surface area contributed by atoms with E-state index in [0.29, 0.717) is 17.6 Å². The normalized spacial score (nSPS) is 29.1. The first-order valence-corrected chi connectivity index (χ1v) is 5.84. The molecule has 1 nitrogen and oxygen atoms in total. The van der Waals surface area contributed by atoms with Crippen molar-refractivity contribution in [3.8, 4) is 0 Å². The van der Waals surface area contributed by atoms with Crippen molar-refractivity contribution in [1.82, 2.24) is 0 Å². The topological polar surface area (TPSA) is 17.1 Å². The third-order valence-electron chi connectivity index (χ3n) is 3.50. The van der Waals surface area contributed by atoms with E-state index in [4.69, 9.17) is 0 Å². The van der Waals surface area contributed by atoms with Gasteiger partial charge >= 0.3 is 0 Å². The molecular formula is C12H11BrO. The zero-order chi connectivity index (χ0) is 9.71. The Bertz CT molecular complexity index is 411. The summed E-state index contributed by atoms with van der Waals surface area (Å²) in [6, 6.07) is 6.37. The first-order valence-electron chi connectivity index (χ1n) is 5.04. The van der Waals surface area contributed by atoms with Gasteiger partial charge in [0.05, 0.1) is 0 Å². The van der Waals surface area contributed by atoms with Gasteiger partial charge in [-0.3, -0.25) is 4.79 Å². The molecule has 0 heterocycles. The lowest BCUT2D eigenvalue weighted by molar-refractivity contribution is -0.117. The SMILES string of the molecule is O=C1CC2Cc3cccc(Br)c3C2C1. The average molecular weight is 251 g/mol. The van der Waals surface area contributed by atoms with Gasteiger partial charge in [0.1, 0.15) is 5.78 Å². The maximum absolute atomic E-state index is 11.4. The van der Waals surface area contributed by atoms with E-state index in [1.807, 2.05) is 0 Å². The number of rotatable bonds is 0. The van der Waals surface area contributed by atoms with E-state index in [1.54, 1.807) is 0 Å². The fourth-order valence-corrected chi connectivity index (χ4v) is 3.64. The van der Waals surface area contributed by atoms with Gasteiger partial charge in [-0.25, -0.2) is 0 Å². The molecule has 72 valence electrons. The van der Waals surface area contributed by atoms with Crippen molar-refractivity contribution in [2.75, 3.05) is 0 Å². The van der Waals surface area contributed by atoms with Crippen molar-refractivity contribution in [3.63, 3.8) is 0 Å². The highest BCUT2D eigenvalue weighted by molar-refractivity contribution is 9.10. The largest absolute Gasteiger partial charge is 0.300 e. The molecular weight excluding hydrogens is 240 g/mol. The van der Waals surface area contributed by atoms with Crippen molar-refractivity contribution in [3.05, 3.63) is 33.8 Å². The smallest absolute Gasteiger partial charge is 0.133 e. The Morgan fingerprint density at radius 1 is 1.21 bits per heavy atom. The van der Waals surface area contributed by atoms with E-state index in [2.05, 4.69) is 34.1 Å². The number of halogens is 1. The summed E-state index contributed by atoms with van der Waals surface area (Å²) in [4.78, 5) is 11.4. The van der Waals surface area contributed by atoms with E-state index >= 15 is 0 Å². The molecule has 0 radical (unpaired) electrons. The zero-order valence-electron chi connectivity index (χ0n) is 7.79. The first kappa shape index (κ1) is 8.66. The van der Waals surface area contributed by atoms with Gasteiger partial charge in [0.2, 0.25) is 0 Å². The molecule has 1 saturated carbocycles. The van der Waals surface area contributed by atoms with Crippen LogP contribution in [0.5, 0.6) is 0 Å². The summed E-state index contributed by atoms with van der Waals surface area (Å²) in [6.07, 6.45) is 2.66. The van der Waals surface area contributed by atoms with Crippen LogP contribution in [0.15, 0.2) is 22.7 Å². The molecule has 0 spiro atoms. The van der Waals surface area contributed by atoms with Crippen LogP contribution in [-0.2, 0) is 11.2 Å². The van der Waals surface area contributed by atoms with Crippen molar-refractivity contribution in [2.45, 2.75) is 25.2 Å². The standard InChI is InChI=1S/C12H11BrO/c13-11-3-1-2-7-4-8-5-9(14)6-10(8)12(7)11/h1-3,8,10H,4-6H2. The number of Topliss-reactive ketones (excluding diaryl/α,β-unsaturated/α-hetero) is 1. The molecule has 0 N–H and O–H groups in total. The summed E-state index contributed by atoms with van der Waals surface area (Å²) in [5.41, 5.74) is 2.85. The minimum atomic E-state index is 0.446. The Labute approximate surface area is 91.6 Å². The molecule has 1 aromatic carbocycles. The Hall–Kier alpha value is -0.630. The molecule has 1 aromatic rings. The number of fused-ring (bicyclic) bond motifs is 3. The summed E-state index contributed by atoms with van der Waals surface area (Å²) in [7, 11) is 0. The van der Waals surface area contributed by atoms with Crippen LogP contribution >= 0.6 is 15.9 Å². The van der Waals surface area contributed by atoms with E-state index in [9.17, 15) is 4.79 Å². The summed E-state index contributed by atoms with van der Waals surface area (Å²) in [5.74, 6) is 1.55. The lowest BCUT2D eigenvalue weighted by Gasteiger charge is -2.09. The lowest BCUT2D eigenvalue weighted by atomic mass is 9.96. The van der Waals surface area contributed by atoms with Crippen LogP contribution < -0.4 is 0 Å². The van der Waals surface area contributed by atoms with Crippen LogP contribution in [0.4, 0.5) is 0 Å². The molecule has 2 unspecified atom stereocenters. The molecule has 0 saturated heterocycles. The van der Waals surface area contributed by atoms with Crippen molar-refractivity contribution < 1.29 is 4.79 Å². The highest BCUT2D eigenvalue weighted by atomic mass is 79.9. The number of carbonyl (C=O) groups is 1. The van der Waals surface area contributed by atoms with Crippen LogP contribution in [0.1, 0.15) is 29.9 Å². The maximum Gasteiger partial charge on any atom is 0.133 e. The monoisotopic (exact) mass is 250 g/mol. The predicted molar refractivity (Wildman–Crippen MR) is 58.3 cm³/mol. The summed E-state index contributed by atoms with van der Waals surface area (Å²) < 4.78 is 1.19. The van der Waals surface area contributed by atoms with E-state index < -0.39 is 0 Å². The summed E-state index contributed by atoms with van der Waals surface area (Å²) in [6.45, 7) is 0. The Morgan fingerprint density at radius 3 is 2.93 bits per heavy atom. The van der Waals surface area contributed by atoms with Crippen LogP contribution in [-0.4, -0.2) is 5.78 Å². The highest BCUT2D eigenvalue weighted by Crippen LogP contribution is 2.49. The fourth-order valence-electron chi connectivity index (χ4n) is 2.94. The van der Waals surface area contributed by atoms with Gasteiger partial charge in [0.15, 0.2) is 0 Å². The van der Waals surface area contributed by atoms with Gasteiger partial charge in [-0.15, -0.1) is 0 Å². The molecule has 2 aliphatic carbocycles. The van der Waals surface area contributed by atoms with Gasteiger partial charge in [0, 0.05) is 17.3 Å². The molecule has 0 aromatic heterocycles. The summed E-state index contributed by atoms with van der Waals surface area (Å²) >= 11 is 3.59. The Morgan fingerprint density at radius 2 is 2.07 bits per heavy atom. The molecule has 2 atom stereocenters. The first-order chi connectivity index (χ1) is 6.75. The molecule has 2 heteroatoms. The third-order valence-corrected chi connectivity index (χ3v) is 4.19. The second-order valence-corrected chi connectivity index (χ2v) is 5.18. The molecule has 1 fully saturated rings. The average Bonchev–Trinajstić information content (AvgIpc) is 2.60. The number of ketones is 1. The van der Waals surface area contributed by atoms with Crippen LogP contribution in [0.3, 0.4) is 0 Å². The number of hydrogen-bond donors (Lipinski definition) is 0. The molecule has 0 amide bonds. The fraction of sp³-hybridized carbons (Fsp3) is 0.417. The van der Waals surface area contributed by atoms with E-state index in [0.717, 1.165) is 19.3 Å². The van der Waals surface area contributed by atoms with E-state index in [1.165, 1.54) is 15.6 Å². The van der Waals surface area contributed by atoms with Gasteiger partial charge in [0.25, 0.3) is 0 Å².